The van der Waals surface area contributed by atoms with Gasteiger partial charge in [-0.3, -0.25) is 4.79 Å². The van der Waals surface area contributed by atoms with Crippen molar-refractivity contribution in [2.45, 2.75) is 12.8 Å². The number of benzene rings is 1. The number of hydrogen-bond acceptors (Lipinski definition) is 2. The quantitative estimate of drug-likeness (QED) is 0.876. The summed E-state index contributed by atoms with van der Waals surface area (Å²) in [6, 6.07) is 5.27. The normalized spacial score (nSPS) is 13.4. The summed E-state index contributed by atoms with van der Waals surface area (Å²) in [7, 11) is 1.39. The van der Waals surface area contributed by atoms with E-state index in [2.05, 4.69) is 5.32 Å². The number of carbonyl (C=O) groups excluding carboxylic acids is 1. The minimum absolute atomic E-state index is 0.361. The molecule has 1 aliphatic heterocycles. The van der Waals surface area contributed by atoms with Crippen LogP contribution in [0.15, 0.2) is 18.2 Å². The summed E-state index contributed by atoms with van der Waals surface area (Å²) in [4.78, 5) is 12.9. The van der Waals surface area contributed by atoms with Crippen LogP contribution in [0.4, 0.5) is 14.5 Å². The van der Waals surface area contributed by atoms with Gasteiger partial charge in [0.05, 0.1) is 6.54 Å². The van der Waals surface area contributed by atoms with Crippen molar-refractivity contribution in [1.82, 2.24) is 4.90 Å². The molecule has 92 valence electrons. The largest absolute Gasteiger partial charge is 0.384 e. The van der Waals surface area contributed by atoms with Crippen LogP contribution in [0.25, 0.3) is 0 Å². The van der Waals surface area contributed by atoms with E-state index < -0.39 is 13.0 Å². The van der Waals surface area contributed by atoms with E-state index in [0.29, 0.717) is 5.56 Å². The molecule has 1 heterocycles. The zero-order chi connectivity index (χ0) is 12.4. The van der Waals surface area contributed by atoms with Crippen LogP contribution in [0.1, 0.15) is 15.9 Å². The number of nitrogens with zero attached hydrogens (tertiary/aromatic N) is 1. The van der Waals surface area contributed by atoms with E-state index in [1.807, 2.05) is 6.07 Å². The molecule has 1 N–H and O–H groups in total. The highest BCUT2D eigenvalue weighted by atomic mass is 19.3. The Hall–Kier alpha value is -1.65. The zero-order valence-corrected chi connectivity index (χ0v) is 9.54. The summed E-state index contributed by atoms with van der Waals surface area (Å²) in [5, 5.41) is 3.18. The summed E-state index contributed by atoms with van der Waals surface area (Å²) in [6.07, 6.45) is -1.63. The van der Waals surface area contributed by atoms with E-state index in [1.165, 1.54) is 7.05 Å². The first-order chi connectivity index (χ1) is 8.08. The first-order valence-corrected chi connectivity index (χ1v) is 5.48. The van der Waals surface area contributed by atoms with E-state index in [0.717, 1.165) is 29.1 Å². The summed E-state index contributed by atoms with van der Waals surface area (Å²) in [5.41, 5.74) is 2.56. The number of alkyl halides is 2. The molecule has 0 spiro atoms. The number of anilines is 1. The maximum Gasteiger partial charge on any atom is 0.255 e. The molecular formula is C12H14F2N2O. The average molecular weight is 240 g/mol. The number of nitrogens with one attached hydrogen (secondary N) is 1. The van der Waals surface area contributed by atoms with Crippen LogP contribution in [0.2, 0.25) is 0 Å². The number of rotatable bonds is 3. The fourth-order valence-electron chi connectivity index (χ4n) is 1.95. The number of carbonyl (C=O) groups is 1. The highest BCUT2D eigenvalue weighted by Gasteiger charge is 2.18. The van der Waals surface area contributed by atoms with Crippen LogP contribution in [0.3, 0.4) is 0 Å². The van der Waals surface area contributed by atoms with Gasteiger partial charge in [-0.2, -0.15) is 0 Å². The second-order valence-corrected chi connectivity index (χ2v) is 4.13. The van der Waals surface area contributed by atoms with Crippen LogP contribution < -0.4 is 5.32 Å². The molecule has 5 heteroatoms. The maximum atomic E-state index is 12.2. The fraction of sp³-hybridized carbons (Fsp3) is 0.417. The fourth-order valence-corrected chi connectivity index (χ4v) is 1.95. The van der Waals surface area contributed by atoms with Gasteiger partial charge >= 0.3 is 0 Å². The third kappa shape index (κ3) is 2.54. The van der Waals surface area contributed by atoms with Crippen LogP contribution >= 0.6 is 0 Å². The van der Waals surface area contributed by atoms with E-state index in [4.69, 9.17) is 0 Å². The van der Waals surface area contributed by atoms with Crippen LogP contribution in [-0.4, -0.2) is 37.4 Å². The maximum absolute atomic E-state index is 12.2. The van der Waals surface area contributed by atoms with E-state index in [-0.39, 0.29) is 5.91 Å². The number of halogens is 2. The molecule has 3 nitrogen and oxygen atoms in total. The van der Waals surface area contributed by atoms with Crippen molar-refractivity contribution < 1.29 is 13.6 Å². The molecule has 0 saturated carbocycles. The van der Waals surface area contributed by atoms with Gasteiger partial charge in [0, 0.05) is 24.8 Å². The van der Waals surface area contributed by atoms with Gasteiger partial charge in [-0.25, -0.2) is 8.78 Å². The first kappa shape index (κ1) is 11.8. The molecule has 1 aromatic rings. The second-order valence-electron chi connectivity index (χ2n) is 4.13. The highest BCUT2D eigenvalue weighted by Crippen LogP contribution is 2.23. The summed E-state index contributed by atoms with van der Waals surface area (Å²) < 4.78 is 24.4. The lowest BCUT2D eigenvalue weighted by Crippen LogP contribution is -2.31. The Balaban J connectivity index is 2.14. The molecule has 1 aromatic carbocycles. The highest BCUT2D eigenvalue weighted by molar-refractivity contribution is 5.94. The van der Waals surface area contributed by atoms with Gasteiger partial charge in [-0.15, -0.1) is 0 Å². The molecule has 0 atom stereocenters. The lowest BCUT2D eigenvalue weighted by Gasteiger charge is -2.16. The Labute approximate surface area is 98.4 Å². The van der Waals surface area contributed by atoms with Crippen molar-refractivity contribution in [1.29, 1.82) is 0 Å². The topological polar surface area (TPSA) is 32.3 Å². The summed E-state index contributed by atoms with van der Waals surface area (Å²) in [6.45, 7) is 0.327. The molecule has 0 bridgehead atoms. The van der Waals surface area contributed by atoms with Crippen molar-refractivity contribution in [3.63, 3.8) is 0 Å². The van der Waals surface area contributed by atoms with Gasteiger partial charge in [-0.05, 0) is 30.2 Å². The van der Waals surface area contributed by atoms with Crippen LogP contribution in [0.5, 0.6) is 0 Å². The Morgan fingerprint density at radius 2 is 2.29 bits per heavy atom. The minimum Gasteiger partial charge on any atom is -0.384 e. The van der Waals surface area contributed by atoms with Crippen molar-refractivity contribution in [3.05, 3.63) is 29.3 Å². The Kier molecular flexibility index (Phi) is 3.26. The number of hydrogen-bond donors (Lipinski definition) is 1. The van der Waals surface area contributed by atoms with Gasteiger partial charge in [0.25, 0.3) is 12.3 Å². The molecule has 0 aromatic heterocycles. The molecule has 0 radical (unpaired) electrons. The van der Waals surface area contributed by atoms with Gasteiger partial charge in [0.1, 0.15) is 0 Å². The standard InChI is InChI=1S/C12H14F2N2O/c1-16(7-11(13)14)12(17)9-2-3-10-8(6-9)4-5-15-10/h2-3,6,11,15H,4-5,7H2,1H3. The molecule has 1 amide bonds. The lowest BCUT2D eigenvalue weighted by molar-refractivity contribution is 0.0620. The van der Waals surface area contributed by atoms with Gasteiger partial charge in [0.2, 0.25) is 0 Å². The predicted molar refractivity (Wildman–Crippen MR) is 61.6 cm³/mol. The van der Waals surface area contributed by atoms with E-state index in [9.17, 15) is 13.6 Å². The first-order valence-electron chi connectivity index (χ1n) is 5.48. The molecule has 0 unspecified atom stereocenters. The molecular weight excluding hydrogens is 226 g/mol. The second kappa shape index (κ2) is 4.69. The van der Waals surface area contributed by atoms with Crippen molar-refractivity contribution in [2.24, 2.45) is 0 Å². The molecule has 0 aliphatic carbocycles. The lowest BCUT2D eigenvalue weighted by atomic mass is 10.1. The smallest absolute Gasteiger partial charge is 0.255 e. The van der Waals surface area contributed by atoms with Crippen LogP contribution in [-0.2, 0) is 6.42 Å². The Morgan fingerprint density at radius 1 is 1.53 bits per heavy atom. The number of fused-ring (bicyclic) bond motifs is 1. The molecule has 2 rings (SSSR count). The minimum atomic E-state index is -2.50. The van der Waals surface area contributed by atoms with E-state index >= 15 is 0 Å². The third-order valence-electron chi connectivity index (χ3n) is 2.82. The summed E-state index contributed by atoms with van der Waals surface area (Å²) >= 11 is 0. The van der Waals surface area contributed by atoms with Crippen molar-refractivity contribution in [2.75, 3.05) is 25.5 Å². The van der Waals surface area contributed by atoms with Crippen molar-refractivity contribution >= 4 is 11.6 Å². The van der Waals surface area contributed by atoms with Gasteiger partial charge in [-0.1, -0.05) is 0 Å². The Bertz CT molecular complexity index is 435. The van der Waals surface area contributed by atoms with Crippen LogP contribution in [0, 0.1) is 0 Å². The summed E-state index contributed by atoms with van der Waals surface area (Å²) in [5.74, 6) is -0.361. The predicted octanol–water partition coefficient (Wildman–Crippen LogP) is 1.99. The molecule has 0 saturated heterocycles. The Morgan fingerprint density at radius 3 is 3.00 bits per heavy atom. The van der Waals surface area contributed by atoms with Gasteiger partial charge < -0.3 is 10.2 Å². The number of amides is 1. The zero-order valence-electron chi connectivity index (χ0n) is 9.54. The SMILES string of the molecule is CN(CC(F)F)C(=O)c1ccc2c(c1)CCN2. The monoisotopic (exact) mass is 240 g/mol. The van der Waals surface area contributed by atoms with E-state index in [1.54, 1.807) is 12.1 Å². The average Bonchev–Trinajstić information content (AvgIpc) is 2.73. The molecule has 0 fully saturated rings. The van der Waals surface area contributed by atoms with Gasteiger partial charge in [0.15, 0.2) is 0 Å². The molecule has 1 aliphatic rings. The third-order valence-corrected chi connectivity index (χ3v) is 2.82. The van der Waals surface area contributed by atoms with Crippen molar-refractivity contribution in [3.8, 4) is 0 Å². The molecule has 17 heavy (non-hydrogen) atoms.